The molecular weight excluding hydrogens is 204 g/mol. The van der Waals surface area contributed by atoms with E-state index in [1.807, 2.05) is 37.3 Å². The molecule has 16 heavy (non-hydrogen) atoms. The van der Waals surface area contributed by atoms with E-state index in [1.165, 1.54) is 0 Å². The molecule has 1 aromatic rings. The summed E-state index contributed by atoms with van der Waals surface area (Å²) >= 11 is 0. The Morgan fingerprint density at radius 3 is 2.75 bits per heavy atom. The van der Waals surface area contributed by atoms with E-state index in [4.69, 9.17) is 9.47 Å². The van der Waals surface area contributed by atoms with Crippen LogP contribution in [0.25, 0.3) is 0 Å². The van der Waals surface area contributed by atoms with Crippen molar-refractivity contribution in [2.75, 3.05) is 0 Å². The van der Waals surface area contributed by atoms with Crippen molar-refractivity contribution in [3.63, 3.8) is 0 Å². The van der Waals surface area contributed by atoms with E-state index in [0.29, 0.717) is 6.61 Å². The lowest BCUT2D eigenvalue weighted by Gasteiger charge is -2.31. The van der Waals surface area contributed by atoms with Gasteiger partial charge in [-0.15, -0.1) is 0 Å². The van der Waals surface area contributed by atoms with Gasteiger partial charge < -0.3 is 14.6 Å². The molecule has 3 atom stereocenters. The second-order valence-corrected chi connectivity index (χ2v) is 4.25. The summed E-state index contributed by atoms with van der Waals surface area (Å²) in [7, 11) is 0. The van der Waals surface area contributed by atoms with Gasteiger partial charge in [0.25, 0.3) is 0 Å². The average molecular weight is 222 g/mol. The largest absolute Gasteiger partial charge is 0.368 e. The van der Waals surface area contributed by atoms with Gasteiger partial charge in [-0.05, 0) is 25.3 Å². The number of hydrogen-bond donors (Lipinski definition) is 1. The van der Waals surface area contributed by atoms with Gasteiger partial charge in [0, 0.05) is 0 Å². The van der Waals surface area contributed by atoms with Crippen molar-refractivity contribution in [2.24, 2.45) is 0 Å². The minimum atomic E-state index is -0.785. The predicted octanol–water partition coefficient (Wildman–Crippen LogP) is 2.09. The maximum Gasteiger partial charge on any atom is 0.181 e. The number of rotatable bonds is 3. The summed E-state index contributed by atoms with van der Waals surface area (Å²) in [5, 5.41) is 9.67. The first-order valence-electron chi connectivity index (χ1n) is 5.75. The minimum Gasteiger partial charge on any atom is -0.368 e. The van der Waals surface area contributed by atoms with Crippen LogP contribution >= 0.6 is 0 Å². The molecule has 1 saturated heterocycles. The van der Waals surface area contributed by atoms with Gasteiger partial charge in [-0.1, -0.05) is 30.3 Å². The molecule has 2 rings (SSSR count). The maximum atomic E-state index is 9.67. The molecule has 1 aliphatic heterocycles. The number of ether oxygens (including phenoxy) is 2. The third-order valence-electron chi connectivity index (χ3n) is 2.85. The molecule has 88 valence electrons. The topological polar surface area (TPSA) is 38.7 Å². The first-order valence-corrected chi connectivity index (χ1v) is 5.75. The van der Waals surface area contributed by atoms with Gasteiger partial charge in [0.15, 0.2) is 6.29 Å². The SMILES string of the molecule is C[C@@H]1CC[C@H](OCc2ccccc2)[C@@H](O)O1. The second-order valence-electron chi connectivity index (χ2n) is 4.25. The molecule has 0 bridgehead atoms. The predicted molar refractivity (Wildman–Crippen MR) is 60.8 cm³/mol. The molecule has 0 amide bonds. The van der Waals surface area contributed by atoms with Crippen LogP contribution in [0.15, 0.2) is 30.3 Å². The number of aliphatic hydroxyl groups excluding tert-OH is 1. The fraction of sp³-hybridized carbons (Fsp3) is 0.538. The van der Waals surface area contributed by atoms with E-state index in [-0.39, 0.29) is 12.2 Å². The van der Waals surface area contributed by atoms with Crippen LogP contribution in [-0.4, -0.2) is 23.6 Å². The molecule has 0 aliphatic carbocycles. The zero-order valence-electron chi connectivity index (χ0n) is 9.50. The lowest BCUT2D eigenvalue weighted by molar-refractivity contribution is -0.227. The Labute approximate surface area is 96.0 Å². The van der Waals surface area contributed by atoms with E-state index >= 15 is 0 Å². The van der Waals surface area contributed by atoms with Crippen molar-refractivity contribution >= 4 is 0 Å². The fourth-order valence-corrected chi connectivity index (χ4v) is 1.88. The van der Waals surface area contributed by atoms with Crippen LogP contribution in [0.3, 0.4) is 0 Å². The molecule has 0 saturated carbocycles. The molecule has 3 nitrogen and oxygen atoms in total. The van der Waals surface area contributed by atoms with Gasteiger partial charge in [0.2, 0.25) is 0 Å². The minimum absolute atomic E-state index is 0.131. The first-order chi connectivity index (χ1) is 7.75. The molecule has 1 heterocycles. The highest BCUT2D eigenvalue weighted by molar-refractivity contribution is 5.13. The molecule has 0 unspecified atom stereocenters. The molecule has 0 spiro atoms. The Hall–Kier alpha value is -0.900. The quantitative estimate of drug-likeness (QED) is 0.851. The van der Waals surface area contributed by atoms with Gasteiger partial charge in [-0.2, -0.15) is 0 Å². The molecule has 1 N–H and O–H groups in total. The Bertz CT molecular complexity index is 312. The molecule has 1 aliphatic rings. The number of benzene rings is 1. The van der Waals surface area contributed by atoms with E-state index in [1.54, 1.807) is 0 Å². The maximum absolute atomic E-state index is 9.67. The third-order valence-corrected chi connectivity index (χ3v) is 2.85. The van der Waals surface area contributed by atoms with Crippen molar-refractivity contribution in [1.82, 2.24) is 0 Å². The van der Waals surface area contributed by atoms with Crippen molar-refractivity contribution in [3.05, 3.63) is 35.9 Å². The number of hydrogen-bond acceptors (Lipinski definition) is 3. The van der Waals surface area contributed by atoms with Crippen LogP contribution in [-0.2, 0) is 16.1 Å². The van der Waals surface area contributed by atoms with Crippen LogP contribution in [0.1, 0.15) is 25.3 Å². The summed E-state index contributed by atoms with van der Waals surface area (Å²) in [4.78, 5) is 0. The fourth-order valence-electron chi connectivity index (χ4n) is 1.88. The van der Waals surface area contributed by atoms with Crippen LogP contribution in [0.2, 0.25) is 0 Å². The molecule has 1 aromatic carbocycles. The van der Waals surface area contributed by atoms with E-state index in [0.717, 1.165) is 18.4 Å². The van der Waals surface area contributed by atoms with Crippen molar-refractivity contribution in [1.29, 1.82) is 0 Å². The Kier molecular flexibility index (Phi) is 3.93. The van der Waals surface area contributed by atoms with E-state index in [9.17, 15) is 5.11 Å². The molecule has 1 fully saturated rings. The monoisotopic (exact) mass is 222 g/mol. The summed E-state index contributed by atoms with van der Waals surface area (Å²) in [5.74, 6) is 0. The Balaban J connectivity index is 1.82. The highest BCUT2D eigenvalue weighted by Crippen LogP contribution is 2.21. The summed E-state index contributed by atoms with van der Waals surface area (Å²) in [6.07, 6.45) is 0.946. The molecule has 3 heteroatoms. The van der Waals surface area contributed by atoms with Gasteiger partial charge >= 0.3 is 0 Å². The normalized spacial score (nSPS) is 30.2. The van der Waals surface area contributed by atoms with Crippen molar-refractivity contribution in [3.8, 4) is 0 Å². The van der Waals surface area contributed by atoms with Crippen LogP contribution < -0.4 is 0 Å². The summed E-state index contributed by atoms with van der Waals surface area (Å²) in [6, 6.07) is 9.96. The summed E-state index contributed by atoms with van der Waals surface area (Å²) < 4.78 is 11.0. The van der Waals surface area contributed by atoms with Crippen LogP contribution in [0, 0.1) is 0 Å². The Morgan fingerprint density at radius 2 is 2.06 bits per heavy atom. The van der Waals surface area contributed by atoms with Crippen molar-refractivity contribution in [2.45, 2.75) is 44.9 Å². The zero-order valence-corrected chi connectivity index (χ0v) is 9.50. The number of aliphatic hydroxyl groups is 1. The smallest absolute Gasteiger partial charge is 0.181 e. The van der Waals surface area contributed by atoms with E-state index < -0.39 is 6.29 Å². The van der Waals surface area contributed by atoms with Crippen molar-refractivity contribution < 1.29 is 14.6 Å². The first kappa shape index (κ1) is 11.6. The van der Waals surface area contributed by atoms with Gasteiger partial charge in [0.1, 0.15) is 6.10 Å². The zero-order chi connectivity index (χ0) is 11.4. The summed E-state index contributed by atoms with van der Waals surface area (Å²) in [6.45, 7) is 2.50. The second kappa shape index (κ2) is 5.43. The molecule has 0 aromatic heterocycles. The van der Waals surface area contributed by atoms with Gasteiger partial charge in [-0.3, -0.25) is 0 Å². The van der Waals surface area contributed by atoms with E-state index in [2.05, 4.69) is 0 Å². The summed E-state index contributed by atoms with van der Waals surface area (Å²) in [5.41, 5.74) is 1.12. The van der Waals surface area contributed by atoms with Gasteiger partial charge in [-0.25, -0.2) is 0 Å². The molecule has 0 radical (unpaired) electrons. The standard InChI is InChI=1S/C13H18O3/c1-10-7-8-12(13(14)16-10)15-9-11-5-3-2-4-6-11/h2-6,10,12-14H,7-9H2,1H3/t10-,12+,13+/m1/s1. The lowest BCUT2D eigenvalue weighted by atomic mass is 10.1. The third kappa shape index (κ3) is 3.04. The highest BCUT2D eigenvalue weighted by atomic mass is 16.6. The van der Waals surface area contributed by atoms with Crippen LogP contribution in [0.5, 0.6) is 0 Å². The Morgan fingerprint density at radius 1 is 1.31 bits per heavy atom. The highest BCUT2D eigenvalue weighted by Gasteiger charge is 2.28. The van der Waals surface area contributed by atoms with Gasteiger partial charge in [0.05, 0.1) is 12.7 Å². The molecular formula is C13H18O3. The average Bonchev–Trinajstić information content (AvgIpc) is 2.29. The van der Waals surface area contributed by atoms with Crippen LogP contribution in [0.4, 0.5) is 0 Å². The lowest BCUT2D eigenvalue weighted by Crippen LogP contribution is -2.39.